The molecule has 0 N–H and O–H groups in total. The molecule has 0 fully saturated rings. The lowest BCUT2D eigenvalue weighted by Crippen LogP contribution is -2.12. The van der Waals surface area contributed by atoms with Crippen molar-refractivity contribution in [2.75, 3.05) is 6.61 Å². The van der Waals surface area contributed by atoms with E-state index in [1.165, 1.54) is 6.92 Å². The molecule has 0 unspecified atom stereocenters. The van der Waals surface area contributed by atoms with Crippen molar-refractivity contribution in [1.82, 2.24) is 10.2 Å². The van der Waals surface area contributed by atoms with Crippen LogP contribution in [0.2, 0.25) is 0 Å². The summed E-state index contributed by atoms with van der Waals surface area (Å²) in [5.41, 5.74) is 2.62. The lowest BCUT2D eigenvalue weighted by molar-refractivity contribution is -0.142. The first-order chi connectivity index (χ1) is 10.4. The lowest BCUT2D eigenvalue weighted by Gasteiger charge is -2.12. The fraction of sp³-hybridized carbons (Fsp3) is 0.375. The number of carbonyl (C=O) groups is 2. The fourth-order valence-electron chi connectivity index (χ4n) is 2.34. The van der Waals surface area contributed by atoms with Gasteiger partial charge < -0.3 is 9.47 Å². The Balaban J connectivity index is 2.63. The van der Waals surface area contributed by atoms with Crippen molar-refractivity contribution in [2.24, 2.45) is 0 Å². The maximum absolute atomic E-state index is 12.1. The zero-order valence-electron chi connectivity index (χ0n) is 13.1. The van der Waals surface area contributed by atoms with E-state index >= 15 is 0 Å². The SMILES string of the molecule is CCOC(=O)c1nnc(COC(C)=O)c2cc(C)cc(C)c12. The second-order valence-corrected chi connectivity index (χ2v) is 5.00. The highest BCUT2D eigenvalue weighted by molar-refractivity contribution is 6.04. The van der Waals surface area contributed by atoms with Gasteiger partial charge in [-0.15, -0.1) is 5.10 Å². The molecule has 0 saturated heterocycles. The Hall–Kier alpha value is -2.50. The molecule has 6 heteroatoms. The van der Waals surface area contributed by atoms with Crippen LogP contribution in [-0.4, -0.2) is 28.7 Å². The molecule has 2 rings (SSSR count). The van der Waals surface area contributed by atoms with Crippen LogP contribution in [0, 0.1) is 13.8 Å². The average Bonchev–Trinajstić information content (AvgIpc) is 2.44. The van der Waals surface area contributed by atoms with Gasteiger partial charge in [-0.05, 0) is 32.4 Å². The Bertz CT molecular complexity index is 740. The summed E-state index contributed by atoms with van der Waals surface area (Å²) in [6.45, 7) is 7.20. The zero-order valence-corrected chi connectivity index (χ0v) is 13.1. The van der Waals surface area contributed by atoms with Crippen LogP contribution in [0.1, 0.15) is 41.2 Å². The topological polar surface area (TPSA) is 78.4 Å². The van der Waals surface area contributed by atoms with E-state index in [0.29, 0.717) is 11.1 Å². The van der Waals surface area contributed by atoms with E-state index in [0.717, 1.165) is 16.5 Å². The molecular weight excluding hydrogens is 284 g/mol. The Morgan fingerprint density at radius 3 is 2.50 bits per heavy atom. The monoisotopic (exact) mass is 302 g/mol. The van der Waals surface area contributed by atoms with Crippen LogP contribution in [0.3, 0.4) is 0 Å². The Kier molecular flexibility index (Phi) is 4.70. The van der Waals surface area contributed by atoms with E-state index in [-0.39, 0.29) is 18.9 Å². The first-order valence-corrected chi connectivity index (χ1v) is 7.01. The molecule has 1 aromatic carbocycles. The predicted octanol–water partition coefficient (Wildman–Crippen LogP) is 2.49. The second-order valence-electron chi connectivity index (χ2n) is 5.00. The van der Waals surface area contributed by atoms with Crippen molar-refractivity contribution in [3.63, 3.8) is 0 Å². The van der Waals surface area contributed by atoms with E-state index in [9.17, 15) is 9.59 Å². The number of hydrogen-bond donors (Lipinski definition) is 0. The number of rotatable bonds is 4. The van der Waals surface area contributed by atoms with Crippen LogP contribution < -0.4 is 0 Å². The molecular formula is C16H18N2O4. The first kappa shape index (κ1) is 15.9. The lowest BCUT2D eigenvalue weighted by atomic mass is 10.0. The smallest absolute Gasteiger partial charge is 0.359 e. The van der Waals surface area contributed by atoms with Gasteiger partial charge in [0.05, 0.1) is 6.61 Å². The Labute approximate surface area is 128 Å². The maximum atomic E-state index is 12.1. The molecule has 0 aliphatic carbocycles. The minimum Gasteiger partial charge on any atom is -0.461 e. The van der Waals surface area contributed by atoms with Gasteiger partial charge in [0.1, 0.15) is 12.3 Å². The first-order valence-electron chi connectivity index (χ1n) is 7.01. The molecule has 0 aliphatic rings. The molecule has 0 radical (unpaired) electrons. The third kappa shape index (κ3) is 3.21. The zero-order chi connectivity index (χ0) is 16.3. The third-order valence-electron chi connectivity index (χ3n) is 3.18. The molecule has 116 valence electrons. The molecule has 0 bridgehead atoms. The molecule has 0 aliphatic heterocycles. The van der Waals surface area contributed by atoms with Gasteiger partial charge in [-0.3, -0.25) is 4.79 Å². The van der Waals surface area contributed by atoms with Gasteiger partial charge in [0.15, 0.2) is 5.69 Å². The van der Waals surface area contributed by atoms with Gasteiger partial charge in [-0.1, -0.05) is 11.6 Å². The molecule has 0 amide bonds. The summed E-state index contributed by atoms with van der Waals surface area (Å²) >= 11 is 0. The Morgan fingerprint density at radius 1 is 1.14 bits per heavy atom. The van der Waals surface area contributed by atoms with E-state index in [1.54, 1.807) is 6.92 Å². The van der Waals surface area contributed by atoms with Crippen molar-refractivity contribution >= 4 is 22.7 Å². The summed E-state index contributed by atoms with van der Waals surface area (Å²) in [6.07, 6.45) is 0. The molecule has 0 saturated carbocycles. The number of hydrogen-bond acceptors (Lipinski definition) is 6. The van der Waals surface area contributed by atoms with Crippen molar-refractivity contribution < 1.29 is 19.1 Å². The van der Waals surface area contributed by atoms with Crippen molar-refractivity contribution in [2.45, 2.75) is 34.3 Å². The largest absolute Gasteiger partial charge is 0.461 e. The van der Waals surface area contributed by atoms with Crippen LogP contribution in [0.15, 0.2) is 12.1 Å². The molecule has 6 nitrogen and oxygen atoms in total. The summed E-state index contributed by atoms with van der Waals surface area (Å²) in [7, 11) is 0. The number of ether oxygens (including phenoxy) is 2. The number of carbonyl (C=O) groups excluding carboxylic acids is 2. The number of aryl methyl sites for hydroxylation is 2. The van der Waals surface area contributed by atoms with Crippen molar-refractivity contribution in [1.29, 1.82) is 0 Å². The molecule has 0 atom stereocenters. The summed E-state index contributed by atoms with van der Waals surface area (Å²) in [5, 5.41) is 9.44. The van der Waals surface area contributed by atoms with Gasteiger partial charge in [-0.25, -0.2) is 4.79 Å². The average molecular weight is 302 g/mol. The highest BCUT2D eigenvalue weighted by Gasteiger charge is 2.19. The minimum absolute atomic E-state index is 0.0187. The Morgan fingerprint density at radius 2 is 1.86 bits per heavy atom. The maximum Gasteiger partial charge on any atom is 0.359 e. The van der Waals surface area contributed by atoms with E-state index in [1.807, 2.05) is 26.0 Å². The molecule has 22 heavy (non-hydrogen) atoms. The van der Waals surface area contributed by atoms with Crippen LogP contribution in [0.25, 0.3) is 10.8 Å². The summed E-state index contributed by atoms with van der Waals surface area (Å²) in [6, 6.07) is 3.86. The molecule has 0 spiro atoms. The molecule has 2 aromatic rings. The summed E-state index contributed by atoms with van der Waals surface area (Å²) < 4.78 is 10.0. The number of esters is 2. The van der Waals surface area contributed by atoms with Gasteiger partial charge in [-0.2, -0.15) is 5.10 Å². The van der Waals surface area contributed by atoms with Gasteiger partial charge in [0.25, 0.3) is 0 Å². The van der Waals surface area contributed by atoms with Crippen LogP contribution in [0.5, 0.6) is 0 Å². The van der Waals surface area contributed by atoms with E-state index in [2.05, 4.69) is 10.2 Å². The van der Waals surface area contributed by atoms with E-state index in [4.69, 9.17) is 9.47 Å². The normalized spacial score (nSPS) is 10.5. The standard InChI is InChI=1S/C16H18N2O4/c1-5-21-16(20)15-14-10(3)6-9(2)7-12(14)13(17-18-15)8-22-11(4)19/h6-7H,5,8H2,1-4H3. The van der Waals surface area contributed by atoms with Crippen LogP contribution in [-0.2, 0) is 20.9 Å². The van der Waals surface area contributed by atoms with Crippen molar-refractivity contribution in [3.05, 3.63) is 34.6 Å². The fourth-order valence-corrected chi connectivity index (χ4v) is 2.34. The third-order valence-corrected chi connectivity index (χ3v) is 3.18. The number of fused-ring (bicyclic) bond motifs is 1. The van der Waals surface area contributed by atoms with Gasteiger partial charge in [0.2, 0.25) is 0 Å². The van der Waals surface area contributed by atoms with E-state index < -0.39 is 11.9 Å². The minimum atomic E-state index is -0.508. The summed E-state index contributed by atoms with van der Waals surface area (Å²) in [5.74, 6) is -0.903. The highest BCUT2D eigenvalue weighted by Crippen LogP contribution is 2.26. The van der Waals surface area contributed by atoms with Crippen LogP contribution >= 0.6 is 0 Å². The quantitative estimate of drug-likeness (QED) is 0.807. The number of benzene rings is 1. The van der Waals surface area contributed by atoms with Crippen LogP contribution in [0.4, 0.5) is 0 Å². The highest BCUT2D eigenvalue weighted by atomic mass is 16.5. The van der Waals surface area contributed by atoms with Gasteiger partial charge >= 0.3 is 11.9 Å². The number of nitrogens with zero attached hydrogens (tertiary/aromatic N) is 2. The molecule has 1 aromatic heterocycles. The summed E-state index contributed by atoms with van der Waals surface area (Å²) in [4.78, 5) is 23.1. The predicted molar refractivity (Wildman–Crippen MR) is 80.4 cm³/mol. The number of aromatic nitrogens is 2. The van der Waals surface area contributed by atoms with Gasteiger partial charge in [0, 0.05) is 17.7 Å². The van der Waals surface area contributed by atoms with Crippen molar-refractivity contribution in [3.8, 4) is 0 Å². The second kappa shape index (κ2) is 6.51. The molecule has 1 heterocycles.